The van der Waals surface area contributed by atoms with Crippen molar-refractivity contribution in [2.75, 3.05) is 13.1 Å². The molecule has 0 fully saturated rings. The minimum atomic E-state index is -0.284. The molecule has 0 unspecified atom stereocenters. The third-order valence-electron chi connectivity index (χ3n) is 2.66. The number of aryl methyl sites for hydroxylation is 1. The summed E-state index contributed by atoms with van der Waals surface area (Å²) in [4.78, 5) is 13.1. The first-order valence-corrected chi connectivity index (χ1v) is 7.05. The maximum Gasteiger partial charge on any atom is 0.248 e. The number of carbonyl (C=O) groups excluding carboxylic acids is 1. The first-order valence-electron chi connectivity index (χ1n) is 6.11. The normalized spacial score (nSPS) is 9.81. The second-order valence-corrected chi connectivity index (χ2v) is 4.86. The number of rotatable bonds is 6. The molecule has 0 saturated heterocycles. The summed E-state index contributed by atoms with van der Waals surface area (Å²) >= 11 is 1.53. The summed E-state index contributed by atoms with van der Waals surface area (Å²) in [5.74, 6) is 0.497. The average molecular weight is 301 g/mol. The minimum absolute atomic E-state index is 0.101. The molecule has 8 heteroatoms. The van der Waals surface area contributed by atoms with Crippen LogP contribution in [0.1, 0.15) is 12.3 Å². The fourth-order valence-corrected chi connectivity index (χ4v) is 2.26. The quantitative estimate of drug-likeness (QED) is 0.750. The van der Waals surface area contributed by atoms with E-state index in [1.165, 1.54) is 16.2 Å². The molecule has 2 heterocycles. The largest absolute Gasteiger partial charge is 0.421 e. The van der Waals surface area contributed by atoms with Crippen molar-refractivity contribution in [2.24, 2.45) is 0 Å². The lowest BCUT2D eigenvalue weighted by molar-refractivity contribution is -0.130. The number of carbonyl (C=O) groups is 1. The molecule has 0 aliphatic rings. The van der Waals surface area contributed by atoms with Crippen LogP contribution in [0.2, 0.25) is 0 Å². The van der Waals surface area contributed by atoms with Gasteiger partial charge in [-0.05, 0) is 11.4 Å². The van der Waals surface area contributed by atoms with E-state index in [1.54, 1.807) is 0 Å². The molecule has 2 aromatic rings. The molecule has 0 spiro atoms. The molecule has 0 atom stereocenters. The van der Waals surface area contributed by atoms with E-state index in [4.69, 9.17) is 14.9 Å². The van der Waals surface area contributed by atoms with Crippen molar-refractivity contribution in [3.63, 3.8) is 0 Å². The smallest absolute Gasteiger partial charge is 0.248 e. The predicted molar refractivity (Wildman–Crippen MR) is 73.7 cm³/mol. The van der Waals surface area contributed by atoms with Gasteiger partial charge in [0.05, 0.1) is 12.1 Å². The van der Waals surface area contributed by atoms with Gasteiger partial charge < -0.3 is 9.32 Å². The number of aromatic nitrogens is 2. The van der Waals surface area contributed by atoms with E-state index in [-0.39, 0.29) is 31.8 Å². The van der Waals surface area contributed by atoms with Gasteiger partial charge in [-0.15, -0.1) is 10.2 Å². The van der Waals surface area contributed by atoms with Crippen LogP contribution in [-0.2, 0) is 11.2 Å². The molecule has 0 aromatic carbocycles. The van der Waals surface area contributed by atoms with Crippen molar-refractivity contribution in [3.8, 4) is 23.6 Å². The van der Waals surface area contributed by atoms with Gasteiger partial charge in [0.2, 0.25) is 17.7 Å². The Morgan fingerprint density at radius 1 is 1.33 bits per heavy atom. The Kier molecular flexibility index (Phi) is 5.02. The van der Waals surface area contributed by atoms with Crippen molar-refractivity contribution in [1.29, 1.82) is 10.5 Å². The van der Waals surface area contributed by atoms with Crippen LogP contribution < -0.4 is 0 Å². The predicted octanol–water partition coefficient (Wildman–Crippen LogP) is 1.61. The summed E-state index contributed by atoms with van der Waals surface area (Å²) in [7, 11) is 0. The molecule has 7 nitrogen and oxygen atoms in total. The average Bonchev–Trinajstić information content (AvgIpc) is 3.15. The van der Waals surface area contributed by atoms with Gasteiger partial charge in [0, 0.05) is 23.8 Å². The number of hydrogen-bond acceptors (Lipinski definition) is 7. The highest BCUT2D eigenvalue weighted by Gasteiger charge is 2.15. The highest BCUT2D eigenvalue weighted by Crippen LogP contribution is 2.20. The van der Waals surface area contributed by atoms with Crippen LogP contribution >= 0.6 is 11.3 Å². The fraction of sp³-hybridized carbons (Fsp3) is 0.308. The van der Waals surface area contributed by atoms with Gasteiger partial charge in [0.1, 0.15) is 13.1 Å². The first kappa shape index (κ1) is 14.7. The first-order chi connectivity index (χ1) is 10.2. The minimum Gasteiger partial charge on any atom is -0.421 e. The van der Waals surface area contributed by atoms with Gasteiger partial charge in [0.15, 0.2) is 0 Å². The maximum absolute atomic E-state index is 11.9. The maximum atomic E-state index is 11.9. The van der Waals surface area contributed by atoms with Gasteiger partial charge in [-0.2, -0.15) is 21.9 Å². The van der Waals surface area contributed by atoms with Crippen LogP contribution in [0, 0.1) is 22.7 Å². The summed E-state index contributed by atoms with van der Waals surface area (Å²) < 4.78 is 5.46. The Bertz CT molecular complexity index is 664. The Morgan fingerprint density at radius 2 is 2.10 bits per heavy atom. The topological polar surface area (TPSA) is 107 Å². The van der Waals surface area contributed by atoms with Gasteiger partial charge in [-0.3, -0.25) is 4.79 Å². The van der Waals surface area contributed by atoms with E-state index in [2.05, 4.69) is 10.2 Å². The van der Waals surface area contributed by atoms with Gasteiger partial charge in [0.25, 0.3) is 0 Å². The fourth-order valence-electron chi connectivity index (χ4n) is 1.63. The number of amides is 1. The number of thiophene rings is 1. The third kappa shape index (κ3) is 3.88. The van der Waals surface area contributed by atoms with Crippen LogP contribution in [0.3, 0.4) is 0 Å². The standard InChI is InChI=1S/C13H11N5O2S/c14-4-6-18(7-5-15)12(19)2-1-11-16-17-13(20-11)10-3-8-21-9-10/h3,8-9H,1-2,6-7H2. The van der Waals surface area contributed by atoms with Crippen molar-refractivity contribution >= 4 is 17.2 Å². The zero-order valence-corrected chi connectivity index (χ0v) is 11.8. The van der Waals surface area contributed by atoms with E-state index in [0.29, 0.717) is 11.8 Å². The van der Waals surface area contributed by atoms with Crippen molar-refractivity contribution in [1.82, 2.24) is 15.1 Å². The molecule has 2 aromatic heterocycles. The Hall–Kier alpha value is -2.71. The molecule has 0 N–H and O–H groups in total. The number of hydrogen-bond donors (Lipinski definition) is 0. The summed E-state index contributed by atoms with van der Waals surface area (Å²) in [6.45, 7) is -0.202. The van der Waals surface area contributed by atoms with Crippen molar-refractivity contribution in [2.45, 2.75) is 12.8 Å². The highest BCUT2D eigenvalue weighted by molar-refractivity contribution is 7.08. The van der Waals surface area contributed by atoms with Crippen LogP contribution in [-0.4, -0.2) is 34.1 Å². The zero-order chi connectivity index (χ0) is 15.1. The lowest BCUT2D eigenvalue weighted by atomic mass is 10.2. The number of nitriles is 2. The van der Waals surface area contributed by atoms with Crippen LogP contribution in [0.25, 0.3) is 11.5 Å². The SMILES string of the molecule is N#CCN(CC#N)C(=O)CCc1nnc(-c2ccsc2)o1. The molecule has 106 valence electrons. The molecular weight excluding hydrogens is 290 g/mol. The van der Waals surface area contributed by atoms with E-state index in [1.807, 2.05) is 29.0 Å². The summed E-state index contributed by atoms with van der Waals surface area (Å²) in [5, 5.41) is 28.8. The van der Waals surface area contributed by atoms with Gasteiger partial charge >= 0.3 is 0 Å². The van der Waals surface area contributed by atoms with E-state index in [0.717, 1.165) is 5.56 Å². The Morgan fingerprint density at radius 3 is 2.71 bits per heavy atom. The molecule has 0 aliphatic heterocycles. The second kappa shape index (κ2) is 7.17. The molecule has 0 radical (unpaired) electrons. The summed E-state index contributed by atoms with van der Waals surface area (Å²) in [6.07, 6.45) is 0.401. The lowest BCUT2D eigenvalue weighted by Gasteiger charge is -2.14. The van der Waals surface area contributed by atoms with Crippen molar-refractivity contribution < 1.29 is 9.21 Å². The molecule has 0 aliphatic carbocycles. The summed E-state index contributed by atoms with van der Waals surface area (Å²) in [5.41, 5.74) is 0.848. The number of nitrogens with zero attached hydrogens (tertiary/aromatic N) is 5. The van der Waals surface area contributed by atoms with E-state index < -0.39 is 0 Å². The monoisotopic (exact) mass is 301 g/mol. The Labute approximate surface area is 125 Å². The van der Waals surface area contributed by atoms with Gasteiger partial charge in [-0.1, -0.05) is 0 Å². The van der Waals surface area contributed by atoms with Crippen LogP contribution in [0.5, 0.6) is 0 Å². The highest BCUT2D eigenvalue weighted by atomic mass is 32.1. The summed E-state index contributed by atoms with van der Waals surface area (Å²) in [6, 6.07) is 5.59. The van der Waals surface area contributed by atoms with E-state index >= 15 is 0 Å². The lowest BCUT2D eigenvalue weighted by Crippen LogP contribution is -2.31. The molecule has 0 bridgehead atoms. The molecule has 2 rings (SSSR count). The van der Waals surface area contributed by atoms with Crippen LogP contribution in [0.15, 0.2) is 21.2 Å². The van der Waals surface area contributed by atoms with Crippen molar-refractivity contribution in [3.05, 3.63) is 22.7 Å². The molecular formula is C13H11N5O2S. The van der Waals surface area contributed by atoms with Gasteiger partial charge in [-0.25, -0.2) is 0 Å². The third-order valence-corrected chi connectivity index (χ3v) is 3.35. The van der Waals surface area contributed by atoms with Crippen LogP contribution in [0.4, 0.5) is 0 Å². The van der Waals surface area contributed by atoms with E-state index in [9.17, 15) is 4.79 Å². The molecule has 0 saturated carbocycles. The Balaban J connectivity index is 1.92. The molecule has 1 amide bonds. The zero-order valence-electron chi connectivity index (χ0n) is 11.0. The molecule has 21 heavy (non-hydrogen) atoms. The second-order valence-electron chi connectivity index (χ2n) is 4.08.